The Balaban J connectivity index is 1.23. The Morgan fingerprint density at radius 3 is 2.67 bits per heavy atom. The lowest BCUT2D eigenvalue weighted by Gasteiger charge is -2.63. The second-order valence-corrected chi connectivity index (χ2v) is 8.94. The van der Waals surface area contributed by atoms with Crippen molar-refractivity contribution in [3.63, 3.8) is 0 Å². The maximum atomic E-state index is 6.05. The van der Waals surface area contributed by atoms with Gasteiger partial charge in [-0.2, -0.15) is 0 Å². The third kappa shape index (κ3) is 2.23. The molecule has 5 heteroatoms. The molecule has 5 aliphatic rings. The second-order valence-electron chi connectivity index (χ2n) is 8.94. The van der Waals surface area contributed by atoms with Crippen LogP contribution in [0.25, 0.3) is 0 Å². The van der Waals surface area contributed by atoms with Crippen LogP contribution in [0.2, 0.25) is 0 Å². The van der Waals surface area contributed by atoms with E-state index in [4.69, 9.17) is 4.74 Å². The standard InChI is InChI=1S/C19H32N4O/c1-12-10-23(13-4-5-13)11-15(12)21-18(20-2)22-16-14-6-9-24-17(14)19(16)7-3-8-19/h12-17H,3-11H2,1-2H3,(H2,20,21,22). The van der Waals surface area contributed by atoms with Gasteiger partial charge in [-0.05, 0) is 38.0 Å². The van der Waals surface area contributed by atoms with Crippen LogP contribution in [-0.2, 0) is 4.74 Å². The summed E-state index contributed by atoms with van der Waals surface area (Å²) in [4.78, 5) is 7.24. The number of nitrogens with zero attached hydrogens (tertiary/aromatic N) is 2. The molecule has 2 heterocycles. The van der Waals surface area contributed by atoms with Gasteiger partial charge in [0.2, 0.25) is 0 Å². The van der Waals surface area contributed by atoms with Crippen LogP contribution in [0.15, 0.2) is 4.99 Å². The molecule has 2 aliphatic heterocycles. The summed E-state index contributed by atoms with van der Waals surface area (Å²) in [6, 6.07) is 1.97. The summed E-state index contributed by atoms with van der Waals surface area (Å²) >= 11 is 0. The fraction of sp³-hybridized carbons (Fsp3) is 0.947. The van der Waals surface area contributed by atoms with E-state index in [-0.39, 0.29) is 0 Å². The van der Waals surface area contributed by atoms with Crippen molar-refractivity contribution in [3.8, 4) is 0 Å². The molecule has 5 nitrogen and oxygen atoms in total. The van der Waals surface area contributed by atoms with Crippen LogP contribution in [0, 0.1) is 17.3 Å². The van der Waals surface area contributed by atoms with Crippen molar-refractivity contribution in [2.75, 3.05) is 26.7 Å². The first-order valence-electron chi connectivity index (χ1n) is 10.1. The topological polar surface area (TPSA) is 48.9 Å². The summed E-state index contributed by atoms with van der Waals surface area (Å²) in [6.07, 6.45) is 8.58. The summed E-state index contributed by atoms with van der Waals surface area (Å²) in [5.74, 6) is 2.42. The molecule has 2 N–H and O–H groups in total. The fourth-order valence-corrected chi connectivity index (χ4v) is 5.88. The van der Waals surface area contributed by atoms with Gasteiger partial charge >= 0.3 is 0 Å². The molecule has 5 rings (SSSR count). The zero-order chi connectivity index (χ0) is 16.3. The van der Waals surface area contributed by atoms with Crippen molar-refractivity contribution < 1.29 is 4.74 Å². The monoisotopic (exact) mass is 332 g/mol. The minimum atomic E-state index is 0.417. The smallest absolute Gasteiger partial charge is 0.191 e. The van der Waals surface area contributed by atoms with E-state index in [9.17, 15) is 0 Å². The molecule has 5 atom stereocenters. The number of hydrogen-bond donors (Lipinski definition) is 2. The Kier molecular flexibility index (Phi) is 3.60. The molecule has 5 fully saturated rings. The van der Waals surface area contributed by atoms with Crippen LogP contribution in [0.1, 0.15) is 45.4 Å². The molecule has 3 aliphatic carbocycles. The van der Waals surface area contributed by atoms with Gasteiger partial charge in [0.15, 0.2) is 5.96 Å². The summed E-state index contributed by atoms with van der Waals surface area (Å²) in [5.41, 5.74) is 0.417. The first-order chi connectivity index (χ1) is 11.7. The van der Waals surface area contributed by atoms with E-state index >= 15 is 0 Å². The number of hydrogen-bond acceptors (Lipinski definition) is 3. The first-order valence-corrected chi connectivity index (χ1v) is 10.1. The normalized spacial score (nSPS) is 44.1. The van der Waals surface area contributed by atoms with Crippen molar-refractivity contribution in [2.45, 2.75) is 69.7 Å². The zero-order valence-corrected chi connectivity index (χ0v) is 15.1. The Bertz CT molecular complexity index is 527. The third-order valence-electron chi connectivity index (χ3n) is 7.58. The Morgan fingerprint density at radius 2 is 2.00 bits per heavy atom. The predicted octanol–water partition coefficient (Wildman–Crippen LogP) is 1.59. The lowest BCUT2D eigenvalue weighted by Crippen LogP contribution is -2.72. The molecule has 2 saturated heterocycles. The third-order valence-corrected chi connectivity index (χ3v) is 7.58. The SMILES string of the molecule is CN=C(NC1CN(C2CC2)CC1C)NC1C2CCOC2C12CCC2. The van der Waals surface area contributed by atoms with Gasteiger partial charge in [0.05, 0.1) is 6.10 Å². The predicted molar refractivity (Wildman–Crippen MR) is 95.1 cm³/mol. The molecule has 134 valence electrons. The van der Waals surface area contributed by atoms with E-state index in [0.717, 1.165) is 18.6 Å². The van der Waals surface area contributed by atoms with Crippen LogP contribution in [0.3, 0.4) is 0 Å². The largest absolute Gasteiger partial charge is 0.377 e. The minimum Gasteiger partial charge on any atom is -0.377 e. The van der Waals surface area contributed by atoms with Crippen molar-refractivity contribution in [2.24, 2.45) is 22.2 Å². The number of fused-ring (bicyclic) bond motifs is 2. The van der Waals surface area contributed by atoms with Gasteiger partial charge in [-0.1, -0.05) is 13.3 Å². The van der Waals surface area contributed by atoms with Crippen LogP contribution in [0.5, 0.6) is 0 Å². The molecule has 0 aromatic rings. The van der Waals surface area contributed by atoms with Crippen molar-refractivity contribution in [3.05, 3.63) is 0 Å². The highest BCUT2D eigenvalue weighted by atomic mass is 16.5. The van der Waals surface area contributed by atoms with Crippen LogP contribution in [0.4, 0.5) is 0 Å². The van der Waals surface area contributed by atoms with Gasteiger partial charge in [0.25, 0.3) is 0 Å². The number of nitrogens with one attached hydrogen (secondary N) is 2. The van der Waals surface area contributed by atoms with Gasteiger partial charge in [0.1, 0.15) is 0 Å². The lowest BCUT2D eigenvalue weighted by molar-refractivity contribution is -0.171. The Morgan fingerprint density at radius 1 is 1.17 bits per heavy atom. The number of aliphatic imine (C=N–C) groups is 1. The van der Waals surface area contributed by atoms with E-state index in [1.54, 1.807) is 0 Å². The lowest BCUT2D eigenvalue weighted by atomic mass is 9.46. The zero-order valence-electron chi connectivity index (χ0n) is 15.1. The molecule has 0 radical (unpaired) electrons. The summed E-state index contributed by atoms with van der Waals surface area (Å²) in [6.45, 7) is 5.75. The molecule has 5 unspecified atom stereocenters. The maximum Gasteiger partial charge on any atom is 0.191 e. The van der Waals surface area contributed by atoms with E-state index in [1.807, 2.05) is 7.05 Å². The van der Waals surface area contributed by atoms with Gasteiger partial charge in [0, 0.05) is 56.2 Å². The molecular formula is C19H32N4O. The Hall–Kier alpha value is -0.810. The average molecular weight is 332 g/mol. The fourth-order valence-electron chi connectivity index (χ4n) is 5.88. The summed E-state index contributed by atoms with van der Waals surface area (Å²) < 4.78 is 6.05. The summed E-state index contributed by atoms with van der Waals surface area (Å²) in [7, 11) is 1.92. The second kappa shape index (κ2) is 5.60. The highest BCUT2D eigenvalue weighted by Gasteiger charge is 2.66. The molecule has 0 aromatic carbocycles. The Labute approximate surface area is 145 Å². The summed E-state index contributed by atoms with van der Waals surface area (Å²) in [5, 5.41) is 7.56. The van der Waals surface area contributed by atoms with Gasteiger partial charge < -0.3 is 15.4 Å². The van der Waals surface area contributed by atoms with E-state index < -0.39 is 0 Å². The molecular weight excluding hydrogens is 300 g/mol. The highest BCUT2D eigenvalue weighted by molar-refractivity contribution is 5.80. The number of guanidine groups is 1. The highest BCUT2D eigenvalue weighted by Crippen LogP contribution is 2.62. The quantitative estimate of drug-likeness (QED) is 0.609. The van der Waals surface area contributed by atoms with Crippen LogP contribution < -0.4 is 10.6 Å². The van der Waals surface area contributed by atoms with Gasteiger partial charge in [-0.25, -0.2) is 0 Å². The number of rotatable bonds is 3. The molecule has 1 spiro atoms. The number of likely N-dealkylation sites (tertiary alicyclic amines) is 1. The molecule has 3 saturated carbocycles. The minimum absolute atomic E-state index is 0.417. The molecule has 0 bridgehead atoms. The van der Waals surface area contributed by atoms with Crippen molar-refractivity contribution in [1.29, 1.82) is 0 Å². The van der Waals surface area contributed by atoms with E-state index in [2.05, 4.69) is 27.4 Å². The maximum absolute atomic E-state index is 6.05. The molecule has 24 heavy (non-hydrogen) atoms. The van der Waals surface area contributed by atoms with Crippen molar-refractivity contribution >= 4 is 5.96 Å². The number of ether oxygens (including phenoxy) is 1. The van der Waals surface area contributed by atoms with E-state index in [0.29, 0.717) is 35.4 Å². The van der Waals surface area contributed by atoms with Crippen molar-refractivity contribution in [1.82, 2.24) is 15.5 Å². The average Bonchev–Trinajstić information content (AvgIpc) is 3.19. The molecule has 0 amide bonds. The van der Waals surface area contributed by atoms with E-state index in [1.165, 1.54) is 51.6 Å². The molecule has 0 aromatic heterocycles. The van der Waals surface area contributed by atoms with Crippen LogP contribution >= 0.6 is 0 Å². The van der Waals surface area contributed by atoms with Crippen LogP contribution in [-0.4, -0.2) is 61.8 Å². The first kappa shape index (κ1) is 15.4. The van der Waals surface area contributed by atoms with Gasteiger partial charge in [-0.3, -0.25) is 9.89 Å². The van der Waals surface area contributed by atoms with Gasteiger partial charge in [-0.15, -0.1) is 0 Å².